The van der Waals surface area contributed by atoms with Crippen LogP contribution in [-0.4, -0.2) is 23.4 Å². The molecule has 0 radical (unpaired) electrons. The molecule has 1 saturated carbocycles. The molecule has 0 spiro atoms. The van der Waals surface area contributed by atoms with Crippen molar-refractivity contribution in [1.82, 2.24) is 4.31 Å². The Hall–Kier alpha value is -2.29. The van der Waals surface area contributed by atoms with Crippen LogP contribution in [0, 0.1) is 18.9 Å². The average molecular weight is 369 g/mol. The van der Waals surface area contributed by atoms with Crippen molar-refractivity contribution in [2.45, 2.75) is 49.6 Å². The Balaban J connectivity index is 1.96. The largest absolute Gasteiger partial charge is 0.378 e. The van der Waals surface area contributed by atoms with Crippen molar-refractivity contribution in [1.29, 1.82) is 0 Å². The second-order valence-corrected chi connectivity index (χ2v) is 8.65. The number of rotatable bonds is 4. The van der Waals surface area contributed by atoms with E-state index < -0.39 is 15.6 Å². The van der Waals surface area contributed by atoms with E-state index in [0.29, 0.717) is 12.8 Å². The van der Waals surface area contributed by atoms with Crippen LogP contribution in [0.5, 0.6) is 0 Å². The van der Waals surface area contributed by atoms with Crippen molar-refractivity contribution in [3.05, 3.63) is 65.7 Å². The first kappa shape index (κ1) is 18.5. The Morgan fingerprint density at radius 1 is 1.04 bits per heavy atom. The highest BCUT2D eigenvalue weighted by molar-refractivity contribution is 7.89. The second-order valence-electron chi connectivity index (χ2n) is 6.79. The molecule has 1 aliphatic rings. The maximum atomic E-state index is 13.1. The van der Waals surface area contributed by atoms with E-state index in [1.807, 2.05) is 37.3 Å². The summed E-state index contributed by atoms with van der Waals surface area (Å²) in [7, 11) is -3.79. The molecule has 136 valence electrons. The Morgan fingerprint density at radius 2 is 1.65 bits per heavy atom. The van der Waals surface area contributed by atoms with Crippen LogP contribution in [0.15, 0.2) is 59.5 Å². The molecular formula is C21H23NO3S. The van der Waals surface area contributed by atoms with Crippen LogP contribution in [0.25, 0.3) is 0 Å². The highest BCUT2D eigenvalue weighted by Crippen LogP contribution is 2.29. The van der Waals surface area contributed by atoms with E-state index in [4.69, 9.17) is 0 Å². The zero-order valence-corrected chi connectivity index (χ0v) is 15.7. The van der Waals surface area contributed by atoms with E-state index in [1.54, 1.807) is 24.3 Å². The normalized spacial score (nSPS) is 15.9. The molecule has 2 aromatic carbocycles. The highest BCUT2D eigenvalue weighted by Gasteiger charge is 2.30. The van der Waals surface area contributed by atoms with Crippen molar-refractivity contribution in [3.8, 4) is 12.0 Å². The van der Waals surface area contributed by atoms with Crippen LogP contribution >= 0.6 is 0 Å². The lowest BCUT2D eigenvalue weighted by molar-refractivity contribution is 0.109. The van der Waals surface area contributed by atoms with Gasteiger partial charge in [0.25, 0.3) is 10.0 Å². The van der Waals surface area contributed by atoms with Gasteiger partial charge in [-0.05, 0) is 56.2 Å². The summed E-state index contributed by atoms with van der Waals surface area (Å²) >= 11 is 0. The summed E-state index contributed by atoms with van der Waals surface area (Å²) < 4.78 is 27.3. The number of hydrogen-bond donors (Lipinski definition) is 1. The fourth-order valence-electron chi connectivity index (χ4n) is 3.02. The van der Waals surface area contributed by atoms with E-state index >= 15 is 0 Å². The molecule has 3 rings (SSSR count). The van der Waals surface area contributed by atoms with Gasteiger partial charge in [0.1, 0.15) is 5.60 Å². The van der Waals surface area contributed by atoms with Gasteiger partial charge < -0.3 is 5.11 Å². The summed E-state index contributed by atoms with van der Waals surface area (Å²) in [5.41, 5.74) is 0.749. The zero-order chi connectivity index (χ0) is 18.6. The van der Waals surface area contributed by atoms with Crippen molar-refractivity contribution < 1.29 is 13.5 Å². The lowest BCUT2D eigenvalue weighted by atomic mass is 10.0. The molecule has 5 heteroatoms. The average Bonchev–Trinajstić information content (AvgIpc) is 3.06. The number of aryl methyl sites for hydroxylation is 1. The van der Waals surface area contributed by atoms with Gasteiger partial charge in [0, 0.05) is 6.04 Å². The van der Waals surface area contributed by atoms with Crippen molar-refractivity contribution in [2.75, 3.05) is 0 Å². The summed E-state index contributed by atoms with van der Waals surface area (Å²) in [6.45, 7) is 2.05. The summed E-state index contributed by atoms with van der Waals surface area (Å²) in [6.07, 6.45) is 3.00. The number of nitrogens with zero attached hydrogens (tertiary/aromatic N) is 1. The molecule has 0 saturated heterocycles. The summed E-state index contributed by atoms with van der Waals surface area (Å²) in [5, 5.41) is 10.5. The first-order valence-corrected chi connectivity index (χ1v) is 10.2. The quantitative estimate of drug-likeness (QED) is 0.663. The third-order valence-corrected chi connectivity index (χ3v) is 6.29. The second kappa shape index (κ2) is 7.53. The summed E-state index contributed by atoms with van der Waals surface area (Å²) in [4.78, 5) is 0.201. The molecule has 0 aromatic heterocycles. The molecule has 1 fully saturated rings. The topological polar surface area (TPSA) is 57.6 Å². The Morgan fingerprint density at radius 3 is 2.27 bits per heavy atom. The van der Waals surface area contributed by atoms with Crippen LogP contribution in [0.4, 0.5) is 0 Å². The number of hydrogen-bond acceptors (Lipinski definition) is 3. The van der Waals surface area contributed by atoms with Gasteiger partial charge in [-0.15, -0.1) is 0 Å². The molecule has 0 bridgehead atoms. The van der Waals surface area contributed by atoms with E-state index in [-0.39, 0.29) is 11.4 Å². The van der Waals surface area contributed by atoms with Gasteiger partial charge in [-0.3, -0.25) is 0 Å². The van der Waals surface area contributed by atoms with Gasteiger partial charge in [0.15, 0.2) is 0 Å². The first-order chi connectivity index (χ1) is 12.4. The smallest absolute Gasteiger partial charge is 0.271 e. The highest BCUT2D eigenvalue weighted by atomic mass is 32.2. The molecule has 26 heavy (non-hydrogen) atoms. The molecule has 4 nitrogen and oxygen atoms in total. The Labute approximate surface area is 155 Å². The summed E-state index contributed by atoms with van der Waals surface area (Å²) in [6, 6.07) is 18.8. The number of sulfonamides is 1. The molecule has 2 aromatic rings. The fourth-order valence-corrected chi connectivity index (χ4v) is 4.24. The van der Waals surface area contributed by atoms with Gasteiger partial charge >= 0.3 is 0 Å². The van der Waals surface area contributed by atoms with Crippen LogP contribution in [0.2, 0.25) is 0 Å². The lowest BCUT2D eigenvalue weighted by Gasteiger charge is -2.20. The zero-order valence-electron chi connectivity index (χ0n) is 14.9. The molecule has 0 heterocycles. The molecule has 1 aliphatic carbocycles. The molecule has 0 amide bonds. The monoisotopic (exact) mass is 369 g/mol. The fraction of sp³-hybridized carbons (Fsp3) is 0.333. The standard InChI is InChI=1S/C21H23NO3S/c1-18-9-11-20(12-10-18)26(24,25)22(17-19-7-3-2-4-8-19)16-15-21(23)13-5-6-14-21/h2-4,7-12,23H,5-6,13-14,17H2,1H3. The van der Waals surface area contributed by atoms with Gasteiger partial charge in [0.2, 0.25) is 0 Å². The number of aliphatic hydroxyl groups is 1. The van der Waals surface area contributed by atoms with Crippen molar-refractivity contribution in [3.63, 3.8) is 0 Å². The lowest BCUT2D eigenvalue weighted by Crippen LogP contribution is -2.28. The van der Waals surface area contributed by atoms with Crippen LogP contribution < -0.4 is 0 Å². The molecule has 0 atom stereocenters. The predicted molar refractivity (Wildman–Crippen MR) is 102 cm³/mol. The van der Waals surface area contributed by atoms with Crippen LogP contribution in [0.1, 0.15) is 36.8 Å². The Bertz CT molecular complexity index is 903. The SMILES string of the molecule is Cc1ccc(S(=O)(=O)N(C#CC2(O)CCCC2)Cc2ccccc2)cc1. The predicted octanol–water partition coefficient (Wildman–Crippen LogP) is 3.45. The number of benzene rings is 2. The van der Waals surface area contributed by atoms with E-state index in [1.165, 1.54) is 0 Å². The maximum absolute atomic E-state index is 13.1. The van der Waals surface area contributed by atoms with Crippen molar-refractivity contribution >= 4 is 10.0 Å². The van der Waals surface area contributed by atoms with E-state index in [0.717, 1.165) is 28.3 Å². The molecule has 1 N–H and O–H groups in total. The minimum atomic E-state index is -3.79. The van der Waals surface area contributed by atoms with Crippen LogP contribution in [0.3, 0.4) is 0 Å². The third-order valence-electron chi connectivity index (χ3n) is 4.62. The van der Waals surface area contributed by atoms with Gasteiger partial charge in [-0.25, -0.2) is 12.7 Å². The Kier molecular flexibility index (Phi) is 5.36. The summed E-state index contributed by atoms with van der Waals surface area (Å²) in [5.74, 6) is 2.82. The minimum absolute atomic E-state index is 0.139. The molecular weight excluding hydrogens is 346 g/mol. The van der Waals surface area contributed by atoms with E-state index in [2.05, 4.69) is 12.0 Å². The maximum Gasteiger partial charge on any atom is 0.271 e. The van der Waals surface area contributed by atoms with Gasteiger partial charge in [-0.2, -0.15) is 0 Å². The first-order valence-electron chi connectivity index (χ1n) is 8.78. The minimum Gasteiger partial charge on any atom is -0.378 e. The van der Waals surface area contributed by atoms with Crippen molar-refractivity contribution in [2.24, 2.45) is 0 Å². The van der Waals surface area contributed by atoms with Gasteiger partial charge in [0.05, 0.1) is 11.4 Å². The van der Waals surface area contributed by atoms with E-state index in [9.17, 15) is 13.5 Å². The molecule has 0 unspecified atom stereocenters. The molecule has 0 aliphatic heterocycles. The third kappa shape index (κ3) is 4.27. The van der Waals surface area contributed by atoms with Gasteiger partial charge in [-0.1, -0.05) is 48.0 Å². The van der Waals surface area contributed by atoms with Crippen LogP contribution in [-0.2, 0) is 16.6 Å².